The summed E-state index contributed by atoms with van der Waals surface area (Å²) in [4.78, 5) is 12.1. The van der Waals surface area contributed by atoms with Crippen LogP contribution in [0.15, 0.2) is 18.2 Å². The maximum atomic E-state index is 12.1. The van der Waals surface area contributed by atoms with E-state index in [9.17, 15) is 9.00 Å². The van der Waals surface area contributed by atoms with E-state index in [0.717, 1.165) is 24.5 Å². The summed E-state index contributed by atoms with van der Waals surface area (Å²) in [6.45, 7) is 3.60. The summed E-state index contributed by atoms with van der Waals surface area (Å²) in [6.07, 6.45) is 1.64. The zero-order chi connectivity index (χ0) is 13.8. The van der Waals surface area contributed by atoms with Crippen LogP contribution in [0.5, 0.6) is 0 Å². The van der Waals surface area contributed by atoms with Gasteiger partial charge in [-0.1, -0.05) is 0 Å². The predicted molar refractivity (Wildman–Crippen MR) is 79.3 cm³/mol. The normalized spacial score (nSPS) is 16.5. The van der Waals surface area contributed by atoms with Gasteiger partial charge in [0.1, 0.15) is 0 Å². The lowest BCUT2D eigenvalue weighted by molar-refractivity contribution is 0.0944. The number of fused-ring (bicyclic) bond motifs is 1. The first-order valence-electron chi connectivity index (χ1n) is 6.29. The molecule has 1 amide bonds. The third-order valence-corrected chi connectivity index (χ3v) is 3.87. The Kier molecular flexibility index (Phi) is 4.42. The van der Waals surface area contributed by atoms with Gasteiger partial charge in [-0.25, -0.2) is 0 Å². The summed E-state index contributed by atoms with van der Waals surface area (Å²) in [5.41, 5.74) is 2.58. The molecule has 1 heterocycles. The lowest BCUT2D eigenvalue weighted by atomic mass is 10.1. The van der Waals surface area contributed by atoms with Crippen LogP contribution in [0.4, 0.5) is 11.4 Å². The first-order valence-corrected chi connectivity index (χ1v) is 8.01. The van der Waals surface area contributed by atoms with E-state index in [2.05, 4.69) is 16.0 Å². The van der Waals surface area contributed by atoms with Crippen molar-refractivity contribution in [2.24, 2.45) is 0 Å². The fraction of sp³-hybridized carbons (Fsp3) is 0.462. The van der Waals surface area contributed by atoms with Crippen LogP contribution in [0.2, 0.25) is 0 Å². The molecule has 2 unspecified atom stereocenters. The first-order chi connectivity index (χ1) is 9.06. The van der Waals surface area contributed by atoms with E-state index in [1.165, 1.54) is 0 Å². The molecule has 5 nitrogen and oxygen atoms in total. The Hall–Kier alpha value is -1.56. The van der Waals surface area contributed by atoms with Crippen LogP contribution in [0, 0.1) is 0 Å². The van der Waals surface area contributed by atoms with Gasteiger partial charge < -0.3 is 16.0 Å². The summed E-state index contributed by atoms with van der Waals surface area (Å²) in [7, 11) is -0.908. The third-order valence-electron chi connectivity index (χ3n) is 2.90. The SMILES string of the molecule is CC(CS(C)=O)NC(=O)c1ccc2c(c1)NCCN2. The van der Waals surface area contributed by atoms with Crippen LogP contribution in [-0.2, 0) is 10.8 Å². The summed E-state index contributed by atoms with van der Waals surface area (Å²) >= 11 is 0. The molecule has 0 bridgehead atoms. The third kappa shape index (κ3) is 3.70. The van der Waals surface area contributed by atoms with Crippen molar-refractivity contribution in [3.05, 3.63) is 23.8 Å². The molecule has 2 rings (SSSR count). The summed E-state index contributed by atoms with van der Waals surface area (Å²) in [5, 5.41) is 9.37. The molecule has 0 aromatic heterocycles. The number of benzene rings is 1. The molecule has 3 N–H and O–H groups in total. The zero-order valence-corrected chi connectivity index (χ0v) is 12.0. The van der Waals surface area contributed by atoms with Crippen LogP contribution < -0.4 is 16.0 Å². The molecule has 0 saturated carbocycles. The quantitative estimate of drug-likeness (QED) is 0.770. The number of nitrogens with one attached hydrogen (secondary N) is 3. The number of carbonyl (C=O) groups is 1. The molecule has 0 fully saturated rings. The van der Waals surface area contributed by atoms with Gasteiger partial charge >= 0.3 is 0 Å². The van der Waals surface area contributed by atoms with Crippen molar-refractivity contribution in [3.8, 4) is 0 Å². The molecule has 1 aromatic rings. The van der Waals surface area contributed by atoms with Gasteiger partial charge in [-0.3, -0.25) is 9.00 Å². The molecule has 1 aromatic carbocycles. The maximum absolute atomic E-state index is 12.1. The molecule has 6 heteroatoms. The molecule has 1 aliphatic heterocycles. The van der Waals surface area contributed by atoms with Crippen LogP contribution in [0.3, 0.4) is 0 Å². The van der Waals surface area contributed by atoms with Crippen molar-refractivity contribution in [2.45, 2.75) is 13.0 Å². The minimum absolute atomic E-state index is 0.0968. The highest BCUT2D eigenvalue weighted by molar-refractivity contribution is 7.84. The van der Waals surface area contributed by atoms with Crippen molar-refractivity contribution in [2.75, 3.05) is 35.7 Å². The van der Waals surface area contributed by atoms with Crippen LogP contribution in [0.25, 0.3) is 0 Å². The van der Waals surface area contributed by atoms with Gasteiger partial charge in [0.05, 0.1) is 11.4 Å². The second-order valence-corrected chi connectivity index (χ2v) is 6.21. The van der Waals surface area contributed by atoms with Gasteiger partial charge in [0.2, 0.25) is 0 Å². The molecule has 0 radical (unpaired) electrons. The first kappa shape index (κ1) is 13.9. The highest BCUT2D eigenvalue weighted by Gasteiger charge is 2.14. The molecule has 0 saturated heterocycles. The molecular weight excluding hydrogens is 262 g/mol. The summed E-state index contributed by atoms with van der Waals surface area (Å²) in [6, 6.07) is 5.44. The van der Waals surface area contributed by atoms with E-state index >= 15 is 0 Å². The lowest BCUT2D eigenvalue weighted by Gasteiger charge is -2.20. The number of hydrogen-bond donors (Lipinski definition) is 3. The molecule has 0 aliphatic carbocycles. The molecule has 1 aliphatic rings. The van der Waals surface area contributed by atoms with E-state index < -0.39 is 10.8 Å². The average molecular weight is 281 g/mol. The van der Waals surface area contributed by atoms with Crippen molar-refractivity contribution >= 4 is 28.1 Å². The van der Waals surface area contributed by atoms with E-state index in [1.807, 2.05) is 19.1 Å². The zero-order valence-electron chi connectivity index (χ0n) is 11.2. The fourth-order valence-corrected chi connectivity index (χ4v) is 2.87. The number of rotatable bonds is 4. The highest BCUT2D eigenvalue weighted by Crippen LogP contribution is 2.25. The topological polar surface area (TPSA) is 70.2 Å². The van der Waals surface area contributed by atoms with Gasteiger partial charge in [-0.2, -0.15) is 0 Å². The second-order valence-electron chi connectivity index (χ2n) is 4.73. The molecule has 19 heavy (non-hydrogen) atoms. The van der Waals surface area contributed by atoms with Crippen LogP contribution in [-0.4, -0.2) is 41.3 Å². The van der Waals surface area contributed by atoms with Gasteiger partial charge in [0, 0.05) is 47.5 Å². The van der Waals surface area contributed by atoms with Crippen molar-refractivity contribution in [1.29, 1.82) is 0 Å². The van der Waals surface area contributed by atoms with E-state index in [-0.39, 0.29) is 11.9 Å². The van der Waals surface area contributed by atoms with Crippen molar-refractivity contribution < 1.29 is 9.00 Å². The monoisotopic (exact) mass is 281 g/mol. The molecular formula is C13H19N3O2S. The van der Waals surface area contributed by atoms with Gasteiger partial charge in [-0.15, -0.1) is 0 Å². The second kappa shape index (κ2) is 6.06. The summed E-state index contributed by atoms with van der Waals surface area (Å²) in [5.74, 6) is 0.337. The highest BCUT2D eigenvalue weighted by atomic mass is 32.2. The molecule has 0 spiro atoms. The van der Waals surface area contributed by atoms with Crippen molar-refractivity contribution in [3.63, 3.8) is 0 Å². The Morgan fingerprint density at radius 3 is 2.74 bits per heavy atom. The predicted octanol–water partition coefficient (Wildman–Crippen LogP) is 1.02. The lowest BCUT2D eigenvalue weighted by Crippen LogP contribution is -2.36. The van der Waals surface area contributed by atoms with E-state index in [1.54, 1.807) is 12.3 Å². The Balaban J connectivity index is 2.05. The number of anilines is 2. The Bertz CT molecular complexity index is 505. The van der Waals surface area contributed by atoms with Gasteiger partial charge in [0.15, 0.2) is 0 Å². The standard InChI is InChI=1S/C13H19N3O2S/c1-9(8-19(2)18)16-13(17)10-3-4-11-12(7-10)15-6-5-14-11/h3-4,7,9,14-15H,5-6,8H2,1-2H3,(H,16,17). The Morgan fingerprint density at radius 2 is 2.05 bits per heavy atom. The largest absolute Gasteiger partial charge is 0.382 e. The van der Waals surface area contributed by atoms with E-state index in [0.29, 0.717) is 11.3 Å². The minimum Gasteiger partial charge on any atom is -0.382 e. The van der Waals surface area contributed by atoms with Gasteiger partial charge in [-0.05, 0) is 25.1 Å². The summed E-state index contributed by atoms with van der Waals surface area (Å²) < 4.78 is 11.1. The number of carbonyl (C=O) groups excluding carboxylic acids is 1. The smallest absolute Gasteiger partial charge is 0.251 e. The average Bonchev–Trinajstić information content (AvgIpc) is 2.37. The Morgan fingerprint density at radius 1 is 1.37 bits per heavy atom. The Labute approximate surface area is 115 Å². The molecule has 104 valence electrons. The molecule has 2 atom stereocenters. The fourth-order valence-electron chi connectivity index (χ4n) is 2.08. The minimum atomic E-state index is -0.908. The number of hydrogen-bond acceptors (Lipinski definition) is 4. The van der Waals surface area contributed by atoms with Crippen LogP contribution >= 0.6 is 0 Å². The van der Waals surface area contributed by atoms with Crippen LogP contribution in [0.1, 0.15) is 17.3 Å². The van der Waals surface area contributed by atoms with Gasteiger partial charge in [0.25, 0.3) is 5.91 Å². The van der Waals surface area contributed by atoms with E-state index in [4.69, 9.17) is 0 Å². The van der Waals surface area contributed by atoms with Crippen molar-refractivity contribution in [1.82, 2.24) is 5.32 Å². The maximum Gasteiger partial charge on any atom is 0.251 e. The number of amides is 1.